The zero-order valence-electron chi connectivity index (χ0n) is 11.5. The summed E-state index contributed by atoms with van der Waals surface area (Å²) in [5, 5.41) is 5.30. The van der Waals surface area contributed by atoms with Crippen molar-refractivity contribution in [2.45, 2.75) is 0 Å². The molecule has 0 bridgehead atoms. The lowest BCUT2D eigenvalue weighted by Gasteiger charge is -2.01. The van der Waals surface area contributed by atoms with Crippen molar-refractivity contribution in [2.75, 3.05) is 5.32 Å². The van der Waals surface area contributed by atoms with Crippen LogP contribution in [-0.4, -0.2) is 5.78 Å². The molecule has 102 valence electrons. The van der Waals surface area contributed by atoms with Crippen LogP contribution in [-0.2, 0) is 0 Å². The summed E-state index contributed by atoms with van der Waals surface area (Å²) in [6.07, 6.45) is 3.23. The summed E-state index contributed by atoms with van der Waals surface area (Å²) in [6.45, 7) is 0. The average molecular weight is 273 g/mol. The molecule has 0 spiro atoms. The van der Waals surface area contributed by atoms with E-state index in [-0.39, 0.29) is 5.78 Å². The predicted molar refractivity (Wildman–Crippen MR) is 87.5 cm³/mol. The Bertz CT molecular complexity index is 791. The first kappa shape index (κ1) is 13.1. The van der Waals surface area contributed by atoms with Crippen LogP contribution in [0.2, 0.25) is 0 Å². The smallest absolute Gasteiger partial charge is 0.187 e. The second-order valence-electron chi connectivity index (χ2n) is 4.77. The molecular formula is C19H15NO. The Hall–Kier alpha value is -2.87. The number of anilines is 1. The summed E-state index contributed by atoms with van der Waals surface area (Å²) in [7, 11) is 0. The van der Waals surface area contributed by atoms with Crippen LogP contribution >= 0.6 is 0 Å². The fourth-order valence-corrected chi connectivity index (χ4v) is 2.19. The van der Waals surface area contributed by atoms with Crippen LogP contribution < -0.4 is 5.32 Å². The number of carbonyl (C=O) groups is 1. The second-order valence-corrected chi connectivity index (χ2v) is 4.77. The van der Waals surface area contributed by atoms with Crippen LogP contribution in [0.5, 0.6) is 0 Å². The summed E-state index contributed by atoms with van der Waals surface area (Å²) in [6, 6.07) is 23.5. The Kier molecular flexibility index (Phi) is 3.79. The SMILES string of the molecule is O=C(/C=C\Nc1ccccc1)c1ccc2ccccc2c1. The number of ketones is 1. The van der Waals surface area contributed by atoms with E-state index in [1.54, 1.807) is 12.3 Å². The van der Waals surface area contributed by atoms with Crippen LogP contribution in [0.25, 0.3) is 10.8 Å². The van der Waals surface area contributed by atoms with Gasteiger partial charge >= 0.3 is 0 Å². The van der Waals surface area contributed by atoms with Gasteiger partial charge in [-0.05, 0) is 29.0 Å². The Labute approximate surface area is 123 Å². The molecule has 0 saturated carbocycles. The van der Waals surface area contributed by atoms with Crippen LogP contribution in [0, 0.1) is 0 Å². The van der Waals surface area contributed by atoms with E-state index in [1.165, 1.54) is 0 Å². The number of allylic oxidation sites excluding steroid dienone is 1. The minimum absolute atomic E-state index is 0.0100. The van der Waals surface area contributed by atoms with Crippen molar-refractivity contribution in [1.29, 1.82) is 0 Å². The average Bonchev–Trinajstić information content (AvgIpc) is 2.55. The molecule has 3 rings (SSSR count). The Morgan fingerprint density at radius 3 is 2.33 bits per heavy atom. The topological polar surface area (TPSA) is 29.1 Å². The normalized spacial score (nSPS) is 10.9. The number of rotatable bonds is 4. The highest BCUT2D eigenvalue weighted by atomic mass is 16.1. The summed E-state index contributed by atoms with van der Waals surface area (Å²) < 4.78 is 0. The minimum atomic E-state index is -0.0100. The number of para-hydroxylation sites is 1. The summed E-state index contributed by atoms with van der Waals surface area (Å²) in [5.74, 6) is -0.0100. The Morgan fingerprint density at radius 1 is 0.810 bits per heavy atom. The van der Waals surface area contributed by atoms with Crippen molar-refractivity contribution in [2.24, 2.45) is 0 Å². The van der Waals surface area contributed by atoms with E-state index in [9.17, 15) is 4.79 Å². The molecule has 0 aliphatic rings. The van der Waals surface area contributed by atoms with Gasteiger partial charge in [-0.1, -0.05) is 54.6 Å². The quantitative estimate of drug-likeness (QED) is 0.554. The second kappa shape index (κ2) is 6.06. The van der Waals surface area contributed by atoms with Gasteiger partial charge in [-0.25, -0.2) is 0 Å². The molecule has 0 radical (unpaired) electrons. The van der Waals surface area contributed by atoms with Crippen molar-refractivity contribution < 1.29 is 4.79 Å². The van der Waals surface area contributed by atoms with Gasteiger partial charge in [0.25, 0.3) is 0 Å². The van der Waals surface area contributed by atoms with Gasteiger partial charge in [0.2, 0.25) is 0 Å². The van der Waals surface area contributed by atoms with E-state index in [1.807, 2.05) is 72.8 Å². The van der Waals surface area contributed by atoms with Gasteiger partial charge in [-0.15, -0.1) is 0 Å². The predicted octanol–water partition coefficient (Wildman–Crippen LogP) is 4.65. The van der Waals surface area contributed by atoms with Crippen molar-refractivity contribution in [1.82, 2.24) is 0 Å². The van der Waals surface area contributed by atoms with Gasteiger partial charge in [-0.2, -0.15) is 0 Å². The third-order valence-electron chi connectivity index (χ3n) is 3.29. The third kappa shape index (κ3) is 3.18. The van der Waals surface area contributed by atoms with E-state index < -0.39 is 0 Å². The van der Waals surface area contributed by atoms with Gasteiger partial charge in [0.15, 0.2) is 5.78 Å². The number of hydrogen-bond donors (Lipinski definition) is 1. The molecule has 0 aromatic heterocycles. The molecule has 0 heterocycles. The molecule has 2 nitrogen and oxygen atoms in total. The summed E-state index contributed by atoms with van der Waals surface area (Å²) in [5.41, 5.74) is 1.65. The van der Waals surface area contributed by atoms with Crippen molar-refractivity contribution >= 4 is 22.2 Å². The molecule has 0 aliphatic heterocycles. The molecule has 0 amide bonds. The summed E-state index contributed by atoms with van der Waals surface area (Å²) >= 11 is 0. The van der Waals surface area contributed by atoms with Crippen LogP contribution in [0.4, 0.5) is 5.69 Å². The van der Waals surface area contributed by atoms with Gasteiger partial charge in [0.1, 0.15) is 0 Å². The monoisotopic (exact) mass is 273 g/mol. The zero-order valence-corrected chi connectivity index (χ0v) is 11.5. The maximum Gasteiger partial charge on any atom is 0.187 e. The number of carbonyl (C=O) groups excluding carboxylic acids is 1. The third-order valence-corrected chi connectivity index (χ3v) is 3.29. The van der Waals surface area contributed by atoms with Crippen LogP contribution in [0.15, 0.2) is 85.1 Å². The first-order chi connectivity index (χ1) is 10.3. The number of benzene rings is 3. The number of hydrogen-bond acceptors (Lipinski definition) is 2. The van der Waals surface area contributed by atoms with Crippen LogP contribution in [0.1, 0.15) is 10.4 Å². The lowest BCUT2D eigenvalue weighted by atomic mass is 10.0. The Balaban J connectivity index is 1.74. The largest absolute Gasteiger partial charge is 0.362 e. The molecule has 0 fully saturated rings. The van der Waals surface area contributed by atoms with Crippen molar-refractivity contribution in [3.8, 4) is 0 Å². The van der Waals surface area contributed by atoms with Crippen LogP contribution in [0.3, 0.4) is 0 Å². The van der Waals surface area contributed by atoms with E-state index in [0.29, 0.717) is 5.56 Å². The van der Waals surface area contributed by atoms with E-state index >= 15 is 0 Å². The standard InChI is InChI=1S/C19H15NO/c21-19(12-13-20-18-8-2-1-3-9-18)17-11-10-15-6-4-5-7-16(15)14-17/h1-14,20H/b13-12-. The van der Waals surface area contributed by atoms with E-state index in [4.69, 9.17) is 0 Å². The lowest BCUT2D eigenvalue weighted by molar-refractivity contribution is 0.104. The highest BCUT2D eigenvalue weighted by Gasteiger charge is 2.02. The molecule has 3 aromatic carbocycles. The molecule has 3 aromatic rings. The lowest BCUT2D eigenvalue weighted by Crippen LogP contribution is -1.96. The highest BCUT2D eigenvalue weighted by Crippen LogP contribution is 2.16. The molecule has 0 unspecified atom stereocenters. The number of nitrogens with one attached hydrogen (secondary N) is 1. The molecule has 0 atom stereocenters. The van der Waals surface area contributed by atoms with E-state index in [2.05, 4.69) is 5.32 Å². The maximum atomic E-state index is 12.2. The minimum Gasteiger partial charge on any atom is -0.362 e. The molecule has 0 saturated heterocycles. The fourth-order valence-electron chi connectivity index (χ4n) is 2.19. The van der Waals surface area contributed by atoms with E-state index in [0.717, 1.165) is 16.5 Å². The van der Waals surface area contributed by atoms with Gasteiger partial charge < -0.3 is 5.32 Å². The fraction of sp³-hybridized carbons (Fsp3) is 0. The zero-order chi connectivity index (χ0) is 14.5. The maximum absolute atomic E-state index is 12.2. The van der Waals surface area contributed by atoms with Gasteiger partial charge in [0, 0.05) is 23.5 Å². The molecule has 1 N–H and O–H groups in total. The summed E-state index contributed by atoms with van der Waals surface area (Å²) in [4.78, 5) is 12.2. The molecular weight excluding hydrogens is 258 g/mol. The molecule has 2 heteroatoms. The number of fused-ring (bicyclic) bond motifs is 1. The first-order valence-electron chi connectivity index (χ1n) is 6.84. The highest BCUT2D eigenvalue weighted by molar-refractivity contribution is 6.06. The molecule has 21 heavy (non-hydrogen) atoms. The van der Waals surface area contributed by atoms with Gasteiger partial charge in [-0.3, -0.25) is 4.79 Å². The van der Waals surface area contributed by atoms with Crippen molar-refractivity contribution in [3.05, 3.63) is 90.6 Å². The van der Waals surface area contributed by atoms with Crippen molar-refractivity contribution in [3.63, 3.8) is 0 Å². The Morgan fingerprint density at radius 2 is 1.52 bits per heavy atom. The first-order valence-corrected chi connectivity index (χ1v) is 6.84. The molecule has 0 aliphatic carbocycles. The van der Waals surface area contributed by atoms with Gasteiger partial charge in [0.05, 0.1) is 0 Å².